The molecule has 2 nitrogen and oxygen atoms in total. The van der Waals surface area contributed by atoms with Crippen LogP contribution < -0.4 is 0 Å². The minimum atomic E-state index is 0.507. The molecule has 1 heterocycles. The molecule has 0 atom stereocenters. The van der Waals surface area contributed by atoms with Crippen LogP contribution in [0.15, 0.2) is 22.0 Å². The fourth-order valence-electron chi connectivity index (χ4n) is 1.27. The Morgan fingerprint density at radius 2 is 2.07 bits per heavy atom. The van der Waals surface area contributed by atoms with Crippen LogP contribution in [0.3, 0.4) is 0 Å². The Balaban J connectivity index is 2.98. The van der Waals surface area contributed by atoms with Gasteiger partial charge in [0.2, 0.25) is 0 Å². The van der Waals surface area contributed by atoms with Gasteiger partial charge in [-0.15, -0.1) is 11.3 Å². The maximum Gasteiger partial charge on any atom is 0.102 e. The van der Waals surface area contributed by atoms with Crippen LogP contribution in [0.4, 0.5) is 0 Å². The first-order valence-corrected chi connectivity index (χ1v) is 5.45. The minimum absolute atomic E-state index is 0.507. The summed E-state index contributed by atoms with van der Waals surface area (Å²) in [5, 5.41) is 20.7. The van der Waals surface area contributed by atoms with Crippen LogP contribution >= 0.6 is 27.3 Å². The van der Waals surface area contributed by atoms with E-state index in [0.29, 0.717) is 15.6 Å². The molecule has 0 aliphatic rings. The normalized spacial score (nSPS) is 9.64. The van der Waals surface area contributed by atoms with Crippen LogP contribution in [0.1, 0.15) is 11.1 Å². The zero-order chi connectivity index (χ0) is 10.1. The number of nitriles is 2. The van der Waals surface area contributed by atoms with Crippen molar-refractivity contribution < 1.29 is 0 Å². The zero-order valence-corrected chi connectivity index (χ0v) is 9.32. The molecule has 4 heteroatoms. The molecular weight excluding hydrogens is 260 g/mol. The summed E-state index contributed by atoms with van der Waals surface area (Å²) >= 11 is 4.78. The molecule has 0 spiro atoms. The van der Waals surface area contributed by atoms with E-state index in [9.17, 15) is 0 Å². The van der Waals surface area contributed by atoms with Gasteiger partial charge in [-0.2, -0.15) is 10.5 Å². The van der Waals surface area contributed by atoms with Crippen molar-refractivity contribution in [2.45, 2.75) is 0 Å². The first kappa shape index (κ1) is 9.21. The fourth-order valence-corrected chi connectivity index (χ4v) is 2.77. The third-order valence-electron chi connectivity index (χ3n) is 1.91. The molecule has 0 N–H and O–H groups in total. The molecule has 0 saturated carbocycles. The summed E-state index contributed by atoms with van der Waals surface area (Å²) in [5.41, 5.74) is 1.06. The van der Waals surface area contributed by atoms with Crippen molar-refractivity contribution in [1.29, 1.82) is 10.5 Å². The predicted octanol–water partition coefficient (Wildman–Crippen LogP) is 3.41. The van der Waals surface area contributed by atoms with Gasteiger partial charge in [0, 0.05) is 0 Å². The highest BCUT2D eigenvalue weighted by Gasteiger charge is 2.11. The van der Waals surface area contributed by atoms with Gasteiger partial charge in [0.05, 0.1) is 20.3 Å². The third kappa shape index (κ3) is 1.21. The molecule has 2 aromatic rings. The number of thiophene rings is 1. The summed E-state index contributed by atoms with van der Waals surface area (Å²) in [6.45, 7) is 0. The molecule has 0 fully saturated rings. The van der Waals surface area contributed by atoms with E-state index in [4.69, 9.17) is 10.5 Å². The van der Waals surface area contributed by atoms with E-state index in [1.807, 2.05) is 11.4 Å². The standard InChI is InChI=1S/C10H3BrN2S/c11-9-7(4-12)3-6-1-2-14-10(6)8(9)5-13/h1-3H. The Labute approximate surface area is 93.1 Å². The van der Waals surface area contributed by atoms with Crippen LogP contribution in [0, 0.1) is 22.7 Å². The second kappa shape index (κ2) is 3.42. The minimum Gasteiger partial charge on any atom is -0.192 e. The summed E-state index contributed by atoms with van der Waals surface area (Å²) in [7, 11) is 0. The molecule has 66 valence electrons. The van der Waals surface area contributed by atoms with Gasteiger partial charge in [-0.1, -0.05) is 0 Å². The first-order chi connectivity index (χ1) is 6.77. The van der Waals surface area contributed by atoms with Crippen LogP contribution in [0.5, 0.6) is 0 Å². The molecule has 0 amide bonds. The summed E-state index contributed by atoms with van der Waals surface area (Å²) in [5.74, 6) is 0. The maximum absolute atomic E-state index is 8.97. The number of nitrogens with zero attached hydrogens (tertiary/aromatic N) is 2. The lowest BCUT2D eigenvalue weighted by atomic mass is 10.1. The monoisotopic (exact) mass is 262 g/mol. The van der Waals surface area contributed by atoms with Crippen molar-refractivity contribution in [3.8, 4) is 12.1 Å². The highest BCUT2D eigenvalue weighted by molar-refractivity contribution is 9.10. The molecule has 0 unspecified atom stereocenters. The number of hydrogen-bond acceptors (Lipinski definition) is 3. The van der Waals surface area contributed by atoms with Crippen molar-refractivity contribution in [2.24, 2.45) is 0 Å². The Kier molecular flexibility index (Phi) is 2.25. The average molecular weight is 263 g/mol. The second-order valence-electron chi connectivity index (χ2n) is 2.68. The van der Waals surface area contributed by atoms with Crippen LogP contribution in [0.2, 0.25) is 0 Å². The van der Waals surface area contributed by atoms with E-state index in [0.717, 1.165) is 10.1 Å². The van der Waals surface area contributed by atoms with Gasteiger partial charge in [0.15, 0.2) is 0 Å². The molecular formula is C10H3BrN2S. The predicted molar refractivity (Wildman–Crippen MR) is 59.0 cm³/mol. The molecule has 1 aromatic carbocycles. The molecule has 14 heavy (non-hydrogen) atoms. The molecule has 0 radical (unpaired) electrons. The van der Waals surface area contributed by atoms with E-state index in [1.54, 1.807) is 6.07 Å². The van der Waals surface area contributed by atoms with E-state index in [2.05, 4.69) is 28.1 Å². The van der Waals surface area contributed by atoms with Gasteiger partial charge in [-0.05, 0) is 38.8 Å². The molecule has 2 rings (SSSR count). The van der Waals surface area contributed by atoms with Gasteiger partial charge >= 0.3 is 0 Å². The Morgan fingerprint density at radius 3 is 2.71 bits per heavy atom. The van der Waals surface area contributed by atoms with Gasteiger partial charge < -0.3 is 0 Å². The molecule has 0 saturated heterocycles. The number of rotatable bonds is 0. The highest BCUT2D eigenvalue weighted by atomic mass is 79.9. The third-order valence-corrected chi connectivity index (χ3v) is 3.68. The van der Waals surface area contributed by atoms with Gasteiger partial charge in [0.1, 0.15) is 12.1 Å². The number of hydrogen-bond donors (Lipinski definition) is 0. The average Bonchev–Trinajstić information content (AvgIpc) is 2.64. The Hall–Kier alpha value is -1.36. The fraction of sp³-hybridized carbons (Fsp3) is 0. The van der Waals surface area contributed by atoms with Gasteiger partial charge in [0.25, 0.3) is 0 Å². The van der Waals surface area contributed by atoms with E-state index >= 15 is 0 Å². The van der Waals surface area contributed by atoms with Crippen LogP contribution in [-0.4, -0.2) is 0 Å². The number of benzene rings is 1. The molecule has 0 aliphatic carbocycles. The second-order valence-corrected chi connectivity index (χ2v) is 4.38. The van der Waals surface area contributed by atoms with Crippen molar-refractivity contribution in [2.75, 3.05) is 0 Å². The topological polar surface area (TPSA) is 47.6 Å². The molecule has 0 aliphatic heterocycles. The van der Waals surface area contributed by atoms with E-state index in [-0.39, 0.29) is 0 Å². The first-order valence-electron chi connectivity index (χ1n) is 3.78. The summed E-state index contributed by atoms with van der Waals surface area (Å²) in [6, 6.07) is 7.87. The molecule has 1 aromatic heterocycles. The largest absolute Gasteiger partial charge is 0.192 e. The van der Waals surface area contributed by atoms with Gasteiger partial charge in [-0.25, -0.2) is 0 Å². The van der Waals surface area contributed by atoms with Gasteiger partial charge in [-0.3, -0.25) is 0 Å². The quantitative estimate of drug-likeness (QED) is 0.731. The van der Waals surface area contributed by atoms with Crippen LogP contribution in [0.25, 0.3) is 10.1 Å². The lowest BCUT2D eigenvalue weighted by Gasteiger charge is -1.99. The molecule has 0 bridgehead atoms. The maximum atomic E-state index is 8.97. The smallest absolute Gasteiger partial charge is 0.102 e. The zero-order valence-electron chi connectivity index (χ0n) is 6.91. The van der Waals surface area contributed by atoms with Crippen molar-refractivity contribution >= 4 is 37.4 Å². The lowest BCUT2D eigenvalue weighted by Crippen LogP contribution is -1.83. The van der Waals surface area contributed by atoms with E-state index in [1.165, 1.54) is 11.3 Å². The number of fused-ring (bicyclic) bond motifs is 1. The Morgan fingerprint density at radius 1 is 1.29 bits per heavy atom. The SMILES string of the molecule is N#Cc1cc2ccsc2c(C#N)c1Br. The number of halogens is 1. The van der Waals surface area contributed by atoms with Crippen molar-refractivity contribution in [1.82, 2.24) is 0 Å². The van der Waals surface area contributed by atoms with Crippen LogP contribution in [-0.2, 0) is 0 Å². The van der Waals surface area contributed by atoms with E-state index < -0.39 is 0 Å². The Bertz CT molecular complexity index is 586. The summed E-state index contributed by atoms with van der Waals surface area (Å²) in [6.07, 6.45) is 0. The van der Waals surface area contributed by atoms with Crippen molar-refractivity contribution in [3.63, 3.8) is 0 Å². The highest BCUT2D eigenvalue weighted by Crippen LogP contribution is 2.32. The van der Waals surface area contributed by atoms with Crippen molar-refractivity contribution in [3.05, 3.63) is 33.1 Å². The lowest BCUT2D eigenvalue weighted by molar-refractivity contribution is 1.45. The summed E-state index contributed by atoms with van der Waals surface area (Å²) < 4.78 is 1.52. The summed E-state index contributed by atoms with van der Waals surface area (Å²) in [4.78, 5) is 0.